The van der Waals surface area contributed by atoms with Crippen molar-refractivity contribution in [2.45, 2.75) is 13.8 Å². The predicted octanol–water partition coefficient (Wildman–Crippen LogP) is 2.95. The summed E-state index contributed by atoms with van der Waals surface area (Å²) in [6, 6.07) is 1.37. The van der Waals surface area contributed by atoms with Crippen LogP contribution in [0.15, 0.2) is 18.5 Å². The minimum atomic E-state index is -0.397. The normalized spacial score (nSPS) is 10.5. The molecule has 3 nitrogen and oxygen atoms in total. The highest BCUT2D eigenvalue weighted by molar-refractivity contribution is 6.30. The van der Waals surface area contributed by atoms with Gasteiger partial charge in [0, 0.05) is 11.8 Å². The van der Waals surface area contributed by atoms with Gasteiger partial charge in [-0.3, -0.25) is 4.98 Å². The second-order valence-electron chi connectivity index (χ2n) is 3.48. The van der Waals surface area contributed by atoms with Gasteiger partial charge in [0.2, 0.25) is 0 Å². The van der Waals surface area contributed by atoms with Gasteiger partial charge in [0.05, 0.1) is 11.9 Å². The van der Waals surface area contributed by atoms with Crippen LogP contribution in [0.2, 0.25) is 5.15 Å². The van der Waals surface area contributed by atoms with Gasteiger partial charge in [0.15, 0.2) is 5.15 Å². The van der Waals surface area contributed by atoms with Crippen LogP contribution in [0.1, 0.15) is 11.1 Å². The van der Waals surface area contributed by atoms with Gasteiger partial charge in [-0.15, -0.1) is 10.2 Å². The molecule has 0 aliphatic heterocycles. The lowest BCUT2D eigenvalue weighted by Gasteiger charge is -2.07. The van der Waals surface area contributed by atoms with E-state index in [0.29, 0.717) is 16.4 Å². The fourth-order valence-corrected chi connectivity index (χ4v) is 1.57. The number of aromatic nitrogens is 3. The Labute approximate surface area is 97.3 Å². The van der Waals surface area contributed by atoms with Gasteiger partial charge >= 0.3 is 0 Å². The summed E-state index contributed by atoms with van der Waals surface area (Å²) in [4.78, 5) is 3.78. The van der Waals surface area contributed by atoms with Crippen LogP contribution in [0.3, 0.4) is 0 Å². The quantitative estimate of drug-likeness (QED) is 0.766. The van der Waals surface area contributed by atoms with Gasteiger partial charge < -0.3 is 0 Å². The molecule has 0 N–H and O–H groups in total. The summed E-state index contributed by atoms with van der Waals surface area (Å²) in [5, 5.41) is 8.14. The first-order valence-electron chi connectivity index (χ1n) is 4.70. The number of hydrogen-bond acceptors (Lipinski definition) is 3. The average molecular weight is 238 g/mol. The molecule has 2 aromatic heterocycles. The first kappa shape index (κ1) is 11.0. The van der Waals surface area contributed by atoms with Crippen LogP contribution in [0.5, 0.6) is 0 Å². The van der Waals surface area contributed by atoms with E-state index < -0.39 is 5.82 Å². The van der Waals surface area contributed by atoms with E-state index in [9.17, 15) is 4.39 Å². The van der Waals surface area contributed by atoms with Crippen LogP contribution in [0.4, 0.5) is 4.39 Å². The zero-order chi connectivity index (χ0) is 11.7. The number of pyridine rings is 1. The summed E-state index contributed by atoms with van der Waals surface area (Å²) < 4.78 is 13.0. The zero-order valence-corrected chi connectivity index (χ0v) is 9.59. The van der Waals surface area contributed by atoms with E-state index >= 15 is 0 Å². The van der Waals surface area contributed by atoms with Gasteiger partial charge in [-0.25, -0.2) is 4.39 Å². The molecular formula is C11H9ClFN3. The molecule has 16 heavy (non-hydrogen) atoms. The van der Waals surface area contributed by atoms with E-state index in [-0.39, 0.29) is 0 Å². The highest BCUT2D eigenvalue weighted by atomic mass is 35.5. The Kier molecular flexibility index (Phi) is 2.83. The van der Waals surface area contributed by atoms with Crippen molar-refractivity contribution in [3.63, 3.8) is 0 Å². The number of hydrogen-bond donors (Lipinski definition) is 0. The first-order chi connectivity index (χ1) is 7.59. The van der Waals surface area contributed by atoms with Crippen molar-refractivity contribution in [3.05, 3.63) is 40.6 Å². The summed E-state index contributed by atoms with van der Waals surface area (Å²) in [5.41, 5.74) is 2.93. The van der Waals surface area contributed by atoms with Crippen LogP contribution in [-0.4, -0.2) is 15.2 Å². The summed E-state index contributed by atoms with van der Waals surface area (Å²) in [5.74, 6) is -0.397. The molecule has 0 saturated heterocycles. The van der Waals surface area contributed by atoms with Gasteiger partial charge in [0.25, 0.3) is 0 Å². The number of halogens is 2. The molecule has 0 unspecified atom stereocenters. The molecule has 0 bridgehead atoms. The molecule has 2 rings (SSSR count). The molecule has 0 aliphatic carbocycles. The van der Waals surface area contributed by atoms with E-state index in [2.05, 4.69) is 15.2 Å². The maximum Gasteiger partial charge on any atom is 0.154 e. The summed E-state index contributed by atoms with van der Waals surface area (Å²) in [7, 11) is 0. The molecule has 2 heterocycles. The van der Waals surface area contributed by atoms with Gasteiger partial charge in [-0.1, -0.05) is 11.6 Å². The van der Waals surface area contributed by atoms with Crippen molar-refractivity contribution in [2.75, 3.05) is 0 Å². The fraction of sp³-hybridized carbons (Fsp3) is 0.182. The standard InChI is InChI=1S/C11H9ClFN3/c1-6-7(2)11(12)16-15-10(6)8-3-9(13)5-14-4-8/h3-5H,1-2H3. The molecule has 82 valence electrons. The SMILES string of the molecule is Cc1c(Cl)nnc(-c2cncc(F)c2)c1C. The fourth-order valence-electron chi connectivity index (χ4n) is 1.39. The lowest BCUT2D eigenvalue weighted by molar-refractivity contribution is 0.622. The summed E-state index contributed by atoms with van der Waals surface area (Å²) in [6.45, 7) is 3.72. The molecule has 0 saturated carbocycles. The zero-order valence-electron chi connectivity index (χ0n) is 8.83. The van der Waals surface area contributed by atoms with Crippen molar-refractivity contribution in [3.8, 4) is 11.3 Å². The van der Waals surface area contributed by atoms with Crippen molar-refractivity contribution in [2.24, 2.45) is 0 Å². The molecule has 0 spiro atoms. The second kappa shape index (κ2) is 4.14. The lowest BCUT2D eigenvalue weighted by Crippen LogP contribution is -1.97. The Bertz CT molecular complexity index is 543. The second-order valence-corrected chi connectivity index (χ2v) is 3.84. The molecular weight excluding hydrogens is 229 g/mol. The highest BCUT2D eigenvalue weighted by Gasteiger charge is 2.10. The van der Waals surface area contributed by atoms with Gasteiger partial charge in [0.1, 0.15) is 5.82 Å². The van der Waals surface area contributed by atoms with E-state index in [0.717, 1.165) is 17.3 Å². The van der Waals surface area contributed by atoms with Gasteiger partial charge in [-0.2, -0.15) is 0 Å². The highest BCUT2D eigenvalue weighted by Crippen LogP contribution is 2.25. The monoisotopic (exact) mass is 237 g/mol. The average Bonchev–Trinajstić information content (AvgIpc) is 2.26. The molecule has 0 aromatic carbocycles. The minimum Gasteiger partial charge on any atom is -0.261 e. The summed E-state index contributed by atoms with van der Waals surface area (Å²) >= 11 is 5.84. The van der Waals surface area contributed by atoms with Crippen molar-refractivity contribution in [1.29, 1.82) is 0 Å². The molecule has 5 heteroatoms. The van der Waals surface area contributed by atoms with Crippen LogP contribution >= 0.6 is 11.6 Å². The maximum atomic E-state index is 13.0. The molecule has 0 amide bonds. The van der Waals surface area contributed by atoms with E-state index in [1.54, 1.807) is 6.20 Å². The maximum absolute atomic E-state index is 13.0. The largest absolute Gasteiger partial charge is 0.261 e. The number of nitrogens with zero attached hydrogens (tertiary/aromatic N) is 3. The van der Waals surface area contributed by atoms with E-state index in [1.165, 1.54) is 6.07 Å². The molecule has 0 aliphatic rings. The van der Waals surface area contributed by atoms with Crippen molar-refractivity contribution >= 4 is 11.6 Å². The van der Waals surface area contributed by atoms with Crippen molar-refractivity contribution < 1.29 is 4.39 Å². The number of rotatable bonds is 1. The van der Waals surface area contributed by atoms with Crippen LogP contribution in [-0.2, 0) is 0 Å². The third kappa shape index (κ3) is 1.88. The third-order valence-corrected chi connectivity index (χ3v) is 2.80. The molecule has 2 aromatic rings. The first-order valence-corrected chi connectivity index (χ1v) is 5.07. The topological polar surface area (TPSA) is 38.7 Å². The van der Waals surface area contributed by atoms with E-state index in [1.807, 2.05) is 13.8 Å². The van der Waals surface area contributed by atoms with E-state index in [4.69, 9.17) is 11.6 Å². The van der Waals surface area contributed by atoms with Gasteiger partial charge in [-0.05, 0) is 31.0 Å². The Balaban J connectivity index is 2.61. The Hall–Kier alpha value is -1.55. The van der Waals surface area contributed by atoms with Crippen LogP contribution in [0.25, 0.3) is 11.3 Å². The third-order valence-electron chi connectivity index (χ3n) is 2.44. The molecule has 0 atom stereocenters. The lowest BCUT2D eigenvalue weighted by atomic mass is 10.1. The molecule has 0 radical (unpaired) electrons. The Morgan fingerprint density at radius 1 is 1.12 bits per heavy atom. The predicted molar refractivity (Wildman–Crippen MR) is 59.7 cm³/mol. The molecule has 0 fully saturated rings. The van der Waals surface area contributed by atoms with Crippen molar-refractivity contribution in [1.82, 2.24) is 15.2 Å². The van der Waals surface area contributed by atoms with Crippen LogP contribution < -0.4 is 0 Å². The Morgan fingerprint density at radius 2 is 1.88 bits per heavy atom. The summed E-state index contributed by atoms with van der Waals surface area (Å²) in [6.07, 6.45) is 2.70. The van der Waals surface area contributed by atoms with Crippen LogP contribution in [0, 0.1) is 19.7 Å². The Morgan fingerprint density at radius 3 is 2.56 bits per heavy atom. The smallest absolute Gasteiger partial charge is 0.154 e. The minimum absolute atomic E-state index is 0.366.